The monoisotopic (exact) mass is 748 g/mol. The Morgan fingerprint density at radius 1 is 0.964 bits per heavy atom. The number of aromatic nitrogens is 3. The van der Waals surface area contributed by atoms with E-state index >= 15 is 0 Å². The Labute approximate surface area is 327 Å². The van der Waals surface area contributed by atoms with E-state index < -0.39 is 5.41 Å². The SMILES string of the molecule is COC(=O)[C@]1(C)CC[C@]2(C)CC[C@]3(C)C4=CC=C5C(=CC(=O)C(OCC(=O)NCc6cn(Cc7ccc(C(C)(C)C)cc7)nn6)=C5C)[C@]4(C)CC[C@@]3(C)[C@@H]2C1. The lowest BCUT2D eigenvalue weighted by Gasteiger charge is -2.70. The van der Waals surface area contributed by atoms with Crippen molar-refractivity contribution in [1.82, 2.24) is 20.3 Å². The summed E-state index contributed by atoms with van der Waals surface area (Å²) >= 11 is 0. The maximum absolute atomic E-state index is 13.8. The van der Waals surface area contributed by atoms with Crippen LogP contribution < -0.4 is 5.32 Å². The van der Waals surface area contributed by atoms with Crippen LogP contribution in [0.25, 0.3) is 0 Å². The standard InChI is InChI=1S/C46H60N4O5/c1-29-33-15-16-36-44(7,20-22-46(9)37-24-43(6,40(53)54-10)18-17-42(37,5)19-21-45(36,46)8)34(33)23-35(51)39(29)55-28-38(52)47-25-32-27-50(49-48-32)26-30-11-13-31(14-12-30)41(2,3)4/h11-16,23,27,37H,17-22,24-26,28H2,1-10H3,(H,47,52)/t37-,42-,43-,44+,45-,46+/m1/s1. The average Bonchev–Trinajstić information content (AvgIpc) is 3.59. The number of benzene rings is 1. The third-order valence-corrected chi connectivity index (χ3v) is 15.1. The number of carbonyl (C=O) groups is 3. The summed E-state index contributed by atoms with van der Waals surface area (Å²) < 4.78 is 13.1. The molecule has 0 bridgehead atoms. The van der Waals surface area contributed by atoms with Gasteiger partial charge in [0.05, 0.1) is 31.8 Å². The summed E-state index contributed by atoms with van der Waals surface area (Å²) in [6.07, 6.45) is 15.0. The second-order valence-corrected chi connectivity index (χ2v) is 19.5. The number of esters is 1. The number of nitrogens with zero attached hydrogens (tertiary/aromatic N) is 3. The van der Waals surface area contributed by atoms with Crippen molar-refractivity contribution in [3.8, 4) is 0 Å². The summed E-state index contributed by atoms with van der Waals surface area (Å²) in [6, 6.07) is 8.51. The lowest BCUT2D eigenvalue weighted by molar-refractivity contribution is -0.180. The molecule has 6 atom stereocenters. The molecule has 0 aliphatic heterocycles. The number of carbonyl (C=O) groups excluding carboxylic acids is 3. The molecule has 7 rings (SSSR count). The number of amides is 1. The molecule has 9 nitrogen and oxygen atoms in total. The summed E-state index contributed by atoms with van der Waals surface area (Å²) in [4.78, 5) is 39.8. The number of ketones is 1. The van der Waals surface area contributed by atoms with Crippen molar-refractivity contribution >= 4 is 17.7 Å². The van der Waals surface area contributed by atoms with Gasteiger partial charge in [0.25, 0.3) is 5.91 Å². The summed E-state index contributed by atoms with van der Waals surface area (Å²) in [5.41, 5.74) is 6.66. The van der Waals surface area contributed by atoms with E-state index in [2.05, 4.69) is 107 Å². The first kappa shape index (κ1) is 39.0. The summed E-state index contributed by atoms with van der Waals surface area (Å²) in [5, 5.41) is 11.3. The van der Waals surface area contributed by atoms with Gasteiger partial charge in [-0.2, -0.15) is 0 Å². The summed E-state index contributed by atoms with van der Waals surface area (Å²) in [7, 11) is 1.52. The normalized spacial score (nSPS) is 32.9. The minimum Gasteiger partial charge on any atom is -0.479 e. The van der Waals surface area contributed by atoms with Crippen molar-refractivity contribution in [1.29, 1.82) is 0 Å². The van der Waals surface area contributed by atoms with Crippen molar-refractivity contribution in [3.05, 3.63) is 93.6 Å². The van der Waals surface area contributed by atoms with Gasteiger partial charge in [-0.15, -0.1) is 5.10 Å². The second kappa shape index (κ2) is 13.4. The van der Waals surface area contributed by atoms with Gasteiger partial charge in [0.1, 0.15) is 5.69 Å². The van der Waals surface area contributed by atoms with Gasteiger partial charge < -0.3 is 14.8 Å². The third-order valence-electron chi connectivity index (χ3n) is 15.1. The summed E-state index contributed by atoms with van der Waals surface area (Å²) in [5.74, 6) is -0.0207. The minimum absolute atomic E-state index is 0.00921. The van der Waals surface area contributed by atoms with Crippen molar-refractivity contribution < 1.29 is 23.9 Å². The molecule has 0 saturated heterocycles. The van der Waals surface area contributed by atoms with Crippen molar-refractivity contribution in [2.45, 2.75) is 126 Å². The molecule has 1 aromatic carbocycles. The predicted molar refractivity (Wildman–Crippen MR) is 212 cm³/mol. The van der Waals surface area contributed by atoms with Crippen LogP contribution in [0.1, 0.15) is 124 Å². The van der Waals surface area contributed by atoms with Gasteiger partial charge in [-0.1, -0.05) is 95.7 Å². The molecular formula is C46H60N4O5. The lowest BCUT2D eigenvalue weighted by atomic mass is 9.34. The molecule has 294 valence electrons. The van der Waals surface area contributed by atoms with E-state index in [9.17, 15) is 14.4 Å². The highest BCUT2D eigenvalue weighted by Crippen LogP contribution is 2.75. The quantitative estimate of drug-likeness (QED) is 0.270. The van der Waals surface area contributed by atoms with Gasteiger partial charge in [0, 0.05) is 11.0 Å². The fourth-order valence-corrected chi connectivity index (χ4v) is 11.2. The molecule has 3 saturated carbocycles. The van der Waals surface area contributed by atoms with E-state index in [0.717, 1.165) is 67.2 Å². The van der Waals surface area contributed by atoms with Crippen LogP contribution in [0.2, 0.25) is 0 Å². The number of methoxy groups -OCH3 is 1. The van der Waals surface area contributed by atoms with Crippen LogP contribution >= 0.6 is 0 Å². The Hall–Kier alpha value is -4.27. The first-order valence-corrected chi connectivity index (χ1v) is 20.1. The number of allylic oxidation sites excluding steroid dienone is 7. The Morgan fingerprint density at radius 3 is 2.36 bits per heavy atom. The Kier molecular flexibility index (Phi) is 9.53. The van der Waals surface area contributed by atoms with Gasteiger partial charge in [-0.25, -0.2) is 4.68 Å². The van der Waals surface area contributed by atoms with Crippen molar-refractivity contribution in [3.63, 3.8) is 0 Å². The molecule has 0 radical (unpaired) electrons. The molecule has 1 heterocycles. The van der Waals surface area contributed by atoms with Crippen LogP contribution in [-0.4, -0.2) is 46.4 Å². The molecule has 5 aliphatic carbocycles. The first-order valence-electron chi connectivity index (χ1n) is 20.1. The lowest BCUT2D eigenvalue weighted by Crippen LogP contribution is -2.62. The third kappa shape index (κ3) is 6.43. The van der Waals surface area contributed by atoms with Crippen LogP contribution in [0.15, 0.2) is 76.7 Å². The maximum atomic E-state index is 13.8. The molecule has 55 heavy (non-hydrogen) atoms. The Morgan fingerprint density at radius 2 is 1.67 bits per heavy atom. The van der Waals surface area contributed by atoms with Crippen LogP contribution in [0.5, 0.6) is 0 Å². The highest BCUT2D eigenvalue weighted by atomic mass is 16.5. The number of hydrogen-bond acceptors (Lipinski definition) is 7. The van der Waals surface area contributed by atoms with E-state index in [4.69, 9.17) is 9.47 Å². The topological polar surface area (TPSA) is 112 Å². The fraction of sp³-hybridized carbons (Fsp3) is 0.587. The summed E-state index contributed by atoms with van der Waals surface area (Å²) in [6.45, 7) is 20.8. The fourth-order valence-electron chi connectivity index (χ4n) is 11.2. The molecule has 2 aromatic rings. The number of ether oxygens (including phenoxy) is 2. The smallest absolute Gasteiger partial charge is 0.311 e. The number of hydrogen-bond donors (Lipinski definition) is 1. The van der Waals surface area contributed by atoms with E-state index in [0.29, 0.717) is 18.2 Å². The zero-order valence-corrected chi connectivity index (χ0v) is 34.7. The van der Waals surface area contributed by atoms with E-state index in [-0.39, 0.29) is 63.6 Å². The van der Waals surface area contributed by atoms with Crippen LogP contribution in [0.3, 0.4) is 0 Å². The minimum atomic E-state index is -0.470. The zero-order valence-electron chi connectivity index (χ0n) is 34.7. The van der Waals surface area contributed by atoms with Gasteiger partial charge >= 0.3 is 5.97 Å². The first-order chi connectivity index (χ1) is 25.8. The molecule has 1 amide bonds. The molecule has 9 heteroatoms. The predicted octanol–water partition coefficient (Wildman–Crippen LogP) is 8.50. The number of nitrogens with one attached hydrogen (secondary N) is 1. The van der Waals surface area contributed by atoms with Crippen molar-refractivity contribution in [2.24, 2.45) is 33.0 Å². The largest absolute Gasteiger partial charge is 0.479 e. The van der Waals surface area contributed by atoms with Gasteiger partial charge in [0.2, 0.25) is 5.78 Å². The van der Waals surface area contributed by atoms with E-state index in [1.165, 1.54) is 18.2 Å². The molecule has 1 N–H and O–H groups in total. The van der Waals surface area contributed by atoms with Crippen molar-refractivity contribution in [2.75, 3.05) is 13.7 Å². The van der Waals surface area contributed by atoms with E-state index in [1.54, 1.807) is 10.8 Å². The highest BCUT2D eigenvalue weighted by Gasteiger charge is 2.67. The molecule has 3 fully saturated rings. The second-order valence-electron chi connectivity index (χ2n) is 19.5. The molecular weight excluding hydrogens is 689 g/mol. The van der Waals surface area contributed by atoms with Crippen LogP contribution in [0.4, 0.5) is 0 Å². The molecule has 0 unspecified atom stereocenters. The highest BCUT2D eigenvalue weighted by molar-refractivity contribution is 6.07. The van der Waals surface area contributed by atoms with E-state index in [1.807, 2.05) is 13.1 Å². The Balaban J connectivity index is 1.03. The Bertz CT molecular complexity index is 2050. The molecule has 1 aromatic heterocycles. The number of fused-ring (bicyclic) bond motifs is 7. The maximum Gasteiger partial charge on any atom is 0.311 e. The zero-order chi connectivity index (χ0) is 39.8. The number of rotatable bonds is 8. The average molecular weight is 749 g/mol. The van der Waals surface area contributed by atoms with Crippen LogP contribution in [0, 0.1) is 33.0 Å². The van der Waals surface area contributed by atoms with Gasteiger partial charge in [-0.3, -0.25) is 14.4 Å². The van der Waals surface area contributed by atoms with Crippen LogP contribution in [-0.2, 0) is 42.4 Å². The molecule has 5 aliphatic rings. The molecule has 0 spiro atoms. The van der Waals surface area contributed by atoms with Gasteiger partial charge in [0.15, 0.2) is 12.4 Å². The van der Waals surface area contributed by atoms with Gasteiger partial charge in [-0.05, 0) is 115 Å².